The Morgan fingerprint density at radius 3 is 2.18 bits per heavy atom. The molecular formula is C26H23N3O3S. The molecule has 0 saturated heterocycles. The third kappa shape index (κ3) is 5.16. The average molecular weight is 458 g/mol. The number of methoxy groups -OCH3 is 2. The van der Waals surface area contributed by atoms with Crippen molar-refractivity contribution in [1.29, 1.82) is 0 Å². The summed E-state index contributed by atoms with van der Waals surface area (Å²) < 4.78 is 10.6. The lowest BCUT2D eigenvalue weighted by Crippen LogP contribution is -2.19. The molecule has 2 aromatic carbocycles. The zero-order chi connectivity index (χ0) is 23.2. The highest BCUT2D eigenvalue weighted by Gasteiger charge is 2.22. The Balaban J connectivity index is 1.70. The average Bonchev–Trinajstić information content (AvgIpc) is 3.33. The minimum absolute atomic E-state index is 0.227. The summed E-state index contributed by atoms with van der Waals surface area (Å²) in [6.45, 7) is 0. The zero-order valence-corrected chi connectivity index (χ0v) is 19.1. The van der Waals surface area contributed by atoms with Crippen LogP contribution in [0.25, 0.3) is 27.8 Å². The molecule has 33 heavy (non-hydrogen) atoms. The van der Waals surface area contributed by atoms with E-state index in [-0.39, 0.29) is 5.78 Å². The van der Waals surface area contributed by atoms with Crippen molar-refractivity contribution in [2.45, 2.75) is 6.04 Å². The van der Waals surface area contributed by atoms with Gasteiger partial charge in [0.1, 0.15) is 22.5 Å². The number of ketones is 1. The molecule has 0 amide bonds. The summed E-state index contributed by atoms with van der Waals surface area (Å²) in [6.07, 6.45) is 6.55. The monoisotopic (exact) mass is 457 g/mol. The lowest BCUT2D eigenvalue weighted by Gasteiger charge is -2.05. The number of pyridine rings is 1. The molecule has 0 saturated carbocycles. The van der Waals surface area contributed by atoms with Gasteiger partial charge in [0.25, 0.3) is 0 Å². The normalized spacial score (nSPS) is 12.0. The van der Waals surface area contributed by atoms with Gasteiger partial charge in [0.15, 0.2) is 5.78 Å². The van der Waals surface area contributed by atoms with Crippen molar-refractivity contribution in [2.24, 2.45) is 5.73 Å². The molecule has 0 aliphatic carbocycles. The third-order valence-electron chi connectivity index (χ3n) is 5.06. The quantitative estimate of drug-likeness (QED) is 0.367. The molecule has 0 spiro atoms. The molecule has 0 radical (unpaired) electrons. The number of nitrogens with two attached hydrogens (primary N) is 1. The Labute approximate surface area is 196 Å². The van der Waals surface area contributed by atoms with E-state index in [1.165, 1.54) is 17.4 Å². The third-order valence-corrected chi connectivity index (χ3v) is 6.24. The highest BCUT2D eigenvalue weighted by Crippen LogP contribution is 2.39. The molecule has 2 aromatic heterocycles. The number of rotatable bonds is 8. The van der Waals surface area contributed by atoms with Gasteiger partial charge in [-0.25, -0.2) is 4.98 Å². The van der Waals surface area contributed by atoms with Crippen molar-refractivity contribution in [3.05, 3.63) is 89.7 Å². The molecule has 4 aromatic rings. The van der Waals surface area contributed by atoms with Crippen molar-refractivity contribution >= 4 is 23.2 Å². The topological polar surface area (TPSA) is 87.3 Å². The molecule has 2 N–H and O–H groups in total. The highest BCUT2D eigenvalue weighted by atomic mass is 32.1. The lowest BCUT2D eigenvalue weighted by atomic mass is 10.1. The van der Waals surface area contributed by atoms with Crippen molar-refractivity contribution < 1.29 is 14.3 Å². The molecule has 0 aliphatic heterocycles. The standard InChI is InChI=1S/C26H23N3O3S/c1-31-20-10-6-18(7-11-20)24-25(19-8-12-21(32-2)13-9-19)33-26(29-24)23(27)22(30)14-5-17-4-3-15-28-16-17/h3-16,23H,27H2,1-2H3/b14-5+. The van der Waals surface area contributed by atoms with E-state index in [4.69, 9.17) is 20.2 Å². The van der Waals surface area contributed by atoms with Gasteiger partial charge in [-0.15, -0.1) is 11.3 Å². The molecular weight excluding hydrogens is 434 g/mol. The first kappa shape index (κ1) is 22.4. The van der Waals surface area contributed by atoms with Crippen LogP contribution < -0.4 is 15.2 Å². The van der Waals surface area contributed by atoms with Crippen LogP contribution >= 0.6 is 11.3 Å². The van der Waals surface area contributed by atoms with Crippen molar-refractivity contribution in [3.63, 3.8) is 0 Å². The number of carbonyl (C=O) groups excluding carboxylic acids is 1. The minimum atomic E-state index is -0.869. The van der Waals surface area contributed by atoms with E-state index in [0.717, 1.165) is 38.8 Å². The number of ether oxygens (including phenoxy) is 2. The number of carbonyl (C=O) groups is 1. The molecule has 7 heteroatoms. The van der Waals surface area contributed by atoms with Crippen LogP contribution in [0.1, 0.15) is 16.6 Å². The molecule has 1 atom stereocenters. The van der Waals surface area contributed by atoms with Crippen molar-refractivity contribution in [1.82, 2.24) is 9.97 Å². The summed E-state index contributed by atoms with van der Waals surface area (Å²) >= 11 is 1.41. The molecule has 166 valence electrons. The Morgan fingerprint density at radius 1 is 0.970 bits per heavy atom. The van der Waals surface area contributed by atoms with Crippen LogP contribution in [-0.2, 0) is 4.79 Å². The largest absolute Gasteiger partial charge is 0.497 e. The number of hydrogen-bond acceptors (Lipinski definition) is 7. The summed E-state index contributed by atoms with van der Waals surface area (Å²) in [5.74, 6) is 1.30. The fourth-order valence-electron chi connectivity index (χ4n) is 3.23. The zero-order valence-electron chi connectivity index (χ0n) is 18.3. The van der Waals surface area contributed by atoms with E-state index in [0.29, 0.717) is 5.01 Å². The summed E-state index contributed by atoms with van der Waals surface area (Å²) in [5, 5.41) is 0.549. The number of benzene rings is 2. The van der Waals surface area contributed by atoms with Crippen LogP contribution in [-0.4, -0.2) is 30.0 Å². The van der Waals surface area contributed by atoms with Gasteiger partial charge in [0.05, 0.1) is 24.8 Å². The van der Waals surface area contributed by atoms with E-state index in [2.05, 4.69) is 4.98 Å². The number of aromatic nitrogens is 2. The van der Waals surface area contributed by atoms with E-state index in [1.807, 2.05) is 60.7 Å². The highest BCUT2D eigenvalue weighted by molar-refractivity contribution is 7.16. The van der Waals surface area contributed by atoms with E-state index in [9.17, 15) is 4.79 Å². The van der Waals surface area contributed by atoms with Crippen molar-refractivity contribution in [3.8, 4) is 33.2 Å². The maximum atomic E-state index is 12.8. The van der Waals surface area contributed by atoms with Crippen LogP contribution in [0.3, 0.4) is 0 Å². The first-order valence-electron chi connectivity index (χ1n) is 10.3. The second kappa shape index (κ2) is 10.2. The minimum Gasteiger partial charge on any atom is -0.497 e. The summed E-state index contributed by atoms with van der Waals surface area (Å²) in [5.41, 5.74) is 9.80. The predicted octanol–water partition coefficient (Wildman–Crippen LogP) is 5.17. The summed E-state index contributed by atoms with van der Waals surface area (Å²) in [7, 11) is 3.26. The smallest absolute Gasteiger partial charge is 0.179 e. The molecule has 1 unspecified atom stereocenters. The van der Waals surface area contributed by atoms with Crippen LogP contribution in [0, 0.1) is 0 Å². The maximum Gasteiger partial charge on any atom is 0.179 e. The second-order valence-electron chi connectivity index (χ2n) is 7.19. The SMILES string of the molecule is COc1ccc(-c2nc(C(N)C(=O)/C=C/c3cccnc3)sc2-c2ccc(OC)cc2)cc1. The van der Waals surface area contributed by atoms with E-state index in [1.54, 1.807) is 32.7 Å². The number of thiazole rings is 1. The van der Waals surface area contributed by atoms with Gasteiger partial charge in [0.2, 0.25) is 0 Å². The Kier molecular flexibility index (Phi) is 6.92. The van der Waals surface area contributed by atoms with Gasteiger partial charge >= 0.3 is 0 Å². The number of nitrogens with zero attached hydrogens (tertiary/aromatic N) is 2. The van der Waals surface area contributed by atoms with Crippen LogP contribution in [0.2, 0.25) is 0 Å². The first-order chi connectivity index (χ1) is 16.1. The first-order valence-corrected chi connectivity index (χ1v) is 11.1. The van der Waals surface area contributed by atoms with Crippen LogP contribution in [0.15, 0.2) is 79.1 Å². The van der Waals surface area contributed by atoms with E-state index < -0.39 is 6.04 Å². The Morgan fingerprint density at radius 2 is 1.61 bits per heavy atom. The van der Waals surface area contributed by atoms with Gasteiger partial charge in [-0.3, -0.25) is 9.78 Å². The van der Waals surface area contributed by atoms with Gasteiger partial charge in [0, 0.05) is 18.0 Å². The maximum absolute atomic E-state index is 12.8. The fourth-order valence-corrected chi connectivity index (χ4v) is 4.33. The molecule has 6 nitrogen and oxygen atoms in total. The lowest BCUT2D eigenvalue weighted by molar-refractivity contribution is -0.115. The molecule has 4 rings (SSSR count). The van der Waals surface area contributed by atoms with Gasteiger partial charge in [-0.2, -0.15) is 0 Å². The number of hydrogen-bond donors (Lipinski definition) is 1. The Bertz CT molecular complexity index is 1190. The molecule has 0 aliphatic rings. The predicted molar refractivity (Wildman–Crippen MR) is 131 cm³/mol. The molecule has 2 heterocycles. The molecule has 0 bridgehead atoms. The van der Waals surface area contributed by atoms with E-state index >= 15 is 0 Å². The van der Waals surface area contributed by atoms with Gasteiger partial charge in [-0.1, -0.05) is 6.07 Å². The van der Waals surface area contributed by atoms with Crippen molar-refractivity contribution in [2.75, 3.05) is 14.2 Å². The second-order valence-corrected chi connectivity index (χ2v) is 8.22. The van der Waals surface area contributed by atoms with Gasteiger partial charge in [-0.05, 0) is 77.9 Å². The summed E-state index contributed by atoms with van der Waals surface area (Å²) in [6, 6.07) is 18.2. The fraction of sp³-hybridized carbons (Fsp3) is 0.115. The summed E-state index contributed by atoms with van der Waals surface area (Å²) in [4.78, 5) is 22.5. The van der Waals surface area contributed by atoms with Crippen LogP contribution in [0.4, 0.5) is 0 Å². The van der Waals surface area contributed by atoms with Gasteiger partial charge < -0.3 is 15.2 Å². The molecule has 0 fully saturated rings. The Hall–Kier alpha value is -3.81. The van der Waals surface area contributed by atoms with Crippen LogP contribution in [0.5, 0.6) is 11.5 Å².